The molecule has 1 rings (SSSR count). The van der Waals surface area contributed by atoms with Crippen molar-refractivity contribution in [1.29, 1.82) is 0 Å². The van der Waals surface area contributed by atoms with Crippen LogP contribution in [0, 0.1) is 32.5 Å². The van der Waals surface area contributed by atoms with E-state index in [0.717, 1.165) is 39.0 Å². The number of ether oxygens (including phenoxy) is 2. The molecule has 1 aliphatic heterocycles. The number of esters is 2. The van der Waals surface area contributed by atoms with Crippen LogP contribution in [0.2, 0.25) is 0 Å². The number of carbonyl (C=O) groups excluding carboxylic acids is 2. The van der Waals surface area contributed by atoms with E-state index in [1.54, 1.807) is 0 Å². The van der Waals surface area contributed by atoms with Gasteiger partial charge in [0.2, 0.25) is 0 Å². The summed E-state index contributed by atoms with van der Waals surface area (Å²) in [6.45, 7) is 43.8. The van der Waals surface area contributed by atoms with E-state index in [0.29, 0.717) is 25.3 Å². The highest BCUT2D eigenvalue weighted by Gasteiger charge is 2.48. The molecule has 6 nitrogen and oxygen atoms in total. The number of likely N-dealkylation sites (tertiary alicyclic amines) is 1. The molecule has 1 saturated heterocycles. The minimum Gasteiger partial charge on any atom is -0.464 e. The number of hydrogen-bond donors (Lipinski definition) is 0. The van der Waals surface area contributed by atoms with E-state index in [-0.39, 0.29) is 33.6 Å². The predicted molar refractivity (Wildman–Crippen MR) is 197 cm³/mol. The van der Waals surface area contributed by atoms with Gasteiger partial charge in [-0.2, -0.15) is 0 Å². The van der Waals surface area contributed by atoms with Crippen LogP contribution in [0.5, 0.6) is 0 Å². The summed E-state index contributed by atoms with van der Waals surface area (Å²) < 4.78 is 11.5. The van der Waals surface area contributed by atoms with E-state index in [2.05, 4.69) is 134 Å². The van der Waals surface area contributed by atoms with Crippen molar-refractivity contribution in [2.45, 2.75) is 175 Å². The van der Waals surface area contributed by atoms with Crippen molar-refractivity contribution in [3.8, 4) is 0 Å². The number of nitrogens with zero attached hydrogens (tertiary/aromatic N) is 2. The van der Waals surface area contributed by atoms with Crippen LogP contribution < -0.4 is 0 Å². The maximum absolute atomic E-state index is 12.9. The van der Waals surface area contributed by atoms with Crippen LogP contribution in [0.15, 0.2) is 0 Å². The van der Waals surface area contributed by atoms with Crippen molar-refractivity contribution in [1.82, 2.24) is 9.80 Å². The molecule has 1 fully saturated rings. The van der Waals surface area contributed by atoms with Gasteiger partial charge in [-0.1, -0.05) is 95.9 Å². The average Bonchev–Trinajstić information content (AvgIpc) is 3.11. The summed E-state index contributed by atoms with van der Waals surface area (Å²) in [5.74, 6) is -0.0952. The summed E-state index contributed by atoms with van der Waals surface area (Å²) in [6, 6.07) is 0.912. The van der Waals surface area contributed by atoms with E-state index in [1.165, 1.54) is 25.7 Å². The van der Waals surface area contributed by atoms with E-state index in [4.69, 9.17) is 9.47 Å². The van der Waals surface area contributed by atoms with Crippen molar-refractivity contribution in [3.05, 3.63) is 0 Å². The van der Waals surface area contributed by atoms with Crippen LogP contribution in [0.3, 0.4) is 0 Å². The highest BCUT2D eigenvalue weighted by molar-refractivity contribution is 5.78. The third kappa shape index (κ3) is 15.4. The standard InChI is InChI=1S/C20H39NO2.C20H41NO2/c1-18(2,3)16-20(7,19(4,5)6)17(22)23-15-14-21-12-10-8-9-11-13-21;1-15(2)21(16(3)4)12-13-23-17(22)20(11,19(8,9)10)14-18(5,6)7/h8-16H2,1-7H3;15-16H,12-14H2,1-11H3. The summed E-state index contributed by atoms with van der Waals surface area (Å²) in [5.41, 5.74) is -0.988. The van der Waals surface area contributed by atoms with Gasteiger partial charge in [0.15, 0.2) is 0 Å². The molecule has 0 aliphatic carbocycles. The van der Waals surface area contributed by atoms with Crippen molar-refractivity contribution in [3.63, 3.8) is 0 Å². The Balaban J connectivity index is 0.000000880. The number of carbonyl (C=O) groups is 2. The Morgan fingerprint density at radius 2 is 0.935 bits per heavy atom. The fourth-order valence-electron chi connectivity index (χ4n) is 6.71. The fourth-order valence-corrected chi connectivity index (χ4v) is 6.71. The first kappa shape index (κ1) is 44.9. The zero-order valence-corrected chi connectivity index (χ0v) is 34.2. The van der Waals surface area contributed by atoms with Crippen LogP contribution in [0.25, 0.3) is 0 Å². The predicted octanol–water partition coefficient (Wildman–Crippen LogP) is 10.0. The number of hydrogen-bond acceptors (Lipinski definition) is 6. The van der Waals surface area contributed by atoms with Crippen molar-refractivity contribution in [2.75, 3.05) is 39.4 Å². The van der Waals surface area contributed by atoms with Gasteiger partial charge in [0.25, 0.3) is 0 Å². The second-order valence-corrected chi connectivity index (χ2v) is 19.6. The minimum atomic E-state index is -0.480. The van der Waals surface area contributed by atoms with Gasteiger partial charge in [0.1, 0.15) is 13.2 Å². The van der Waals surface area contributed by atoms with E-state index in [1.807, 2.05) is 0 Å². The first-order valence-corrected chi connectivity index (χ1v) is 18.4. The molecule has 2 unspecified atom stereocenters. The summed E-state index contributed by atoms with van der Waals surface area (Å²) in [6.07, 6.45) is 6.88. The monoisotopic (exact) mass is 653 g/mol. The molecule has 0 saturated carbocycles. The molecule has 274 valence electrons. The van der Waals surface area contributed by atoms with E-state index < -0.39 is 10.8 Å². The van der Waals surface area contributed by atoms with Gasteiger partial charge in [0.05, 0.1) is 10.8 Å². The average molecular weight is 653 g/mol. The maximum Gasteiger partial charge on any atom is 0.312 e. The van der Waals surface area contributed by atoms with Gasteiger partial charge in [0, 0.05) is 25.2 Å². The summed E-state index contributed by atoms with van der Waals surface area (Å²) >= 11 is 0. The summed E-state index contributed by atoms with van der Waals surface area (Å²) in [5, 5.41) is 0. The lowest BCUT2D eigenvalue weighted by Crippen LogP contribution is -2.45. The molecule has 0 amide bonds. The Kier molecular flexibility index (Phi) is 17.6. The van der Waals surface area contributed by atoms with Crippen LogP contribution in [-0.2, 0) is 19.1 Å². The molecular formula is C40H80N2O4. The highest BCUT2D eigenvalue weighted by atomic mass is 16.5. The van der Waals surface area contributed by atoms with Crippen molar-refractivity contribution in [2.24, 2.45) is 32.5 Å². The van der Waals surface area contributed by atoms with Gasteiger partial charge in [-0.25, -0.2) is 0 Å². The number of rotatable bonds is 12. The van der Waals surface area contributed by atoms with Crippen molar-refractivity contribution >= 4 is 11.9 Å². The lowest BCUT2D eigenvalue weighted by Gasteiger charge is -2.43. The Labute approximate surface area is 287 Å². The van der Waals surface area contributed by atoms with Crippen molar-refractivity contribution < 1.29 is 19.1 Å². The Bertz CT molecular complexity index is 884. The van der Waals surface area contributed by atoms with Gasteiger partial charge in [-0.05, 0) is 102 Å². The molecule has 0 aromatic heterocycles. The Morgan fingerprint density at radius 1 is 0.587 bits per heavy atom. The zero-order valence-electron chi connectivity index (χ0n) is 34.2. The Morgan fingerprint density at radius 3 is 1.24 bits per heavy atom. The van der Waals surface area contributed by atoms with Gasteiger partial charge < -0.3 is 9.47 Å². The first-order chi connectivity index (χ1) is 20.6. The summed E-state index contributed by atoms with van der Waals surface area (Å²) in [7, 11) is 0. The maximum atomic E-state index is 12.9. The van der Waals surface area contributed by atoms with E-state index in [9.17, 15) is 9.59 Å². The van der Waals surface area contributed by atoms with Crippen LogP contribution >= 0.6 is 0 Å². The van der Waals surface area contributed by atoms with Crippen LogP contribution in [0.1, 0.15) is 163 Å². The smallest absolute Gasteiger partial charge is 0.312 e. The second kappa shape index (κ2) is 18.0. The largest absolute Gasteiger partial charge is 0.464 e. The molecule has 0 bridgehead atoms. The van der Waals surface area contributed by atoms with Crippen LogP contribution in [-0.4, -0.2) is 73.2 Å². The van der Waals surface area contributed by atoms with E-state index >= 15 is 0 Å². The molecule has 1 heterocycles. The molecule has 0 radical (unpaired) electrons. The third-order valence-electron chi connectivity index (χ3n) is 10.2. The molecule has 1 aliphatic rings. The van der Waals surface area contributed by atoms with Crippen LogP contribution in [0.4, 0.5) is 0 Å². The first-order valence-electron chi connectivity index (χ1n) is 18.4. The second-order valence-electron chi connectivity index (χ2n) is 19.6. The lowest BCUT2D eigenvalue weighted by molar-refractivity contribution is -0.166. The third-order valence-corrected chi connectivity index (χ3v) is 10.2. The lowest BCUT2D eigenvalue weighted by atomic mass is 9.61. The Hall–Kier alpha value is -1.14. The normalized spacial score (nSPS) is 18.4. The van der Waals surface area contributed by atoms with Gasteiger partial charge in [-0.15, -0.1) is 0 Å². The molecule has 46 heavy (non-hydrogen) atoms. The minimum absolute atomic E-state index is 0.0326. The molecule has 0 aromatic carbocycles. The van der Waals surface area contributed by atoms with Gasteiger partial charge in [-0.3, -0.25) is 19.4 Å². The zero-order chi connectivity index (χ0) is 36.4. The quantitative estimate of drug-likeness (QED) is 0.196. The SMILES string of the molecule is CC(C)(C)CC(C)(C(=O)OCCN1CCCCCC1)C(C)(C)C.CC(C)N(CCOC(=O)C(C)(CC(C)(C)C)C(C)(C)C)C(C)C. The topological polar surface area (TPSA) is 59.1 Å². The molecule has 2 atom stereocenters. The molecule has 0 aromatic rings. The van der Waals surface area contributed by atoms with Gasteiger partial charge >= 0.3 is 11.9 Å². The fraction of sp³-hybridized carbons (Fsp3) is 0.950. The molecular weight excluding hydrogens is 572 g/mol. The molecule has 6 heteroatoms. The highest BCUT2D eigenvalue weighted by Crippen LogP contribution is 2.48. The molecule has 0 spiro atoms. The summed E-state index contributed by atoms with van der Waals surface area (Å²) in [4.78, 5) is 30.5. The molecule has 0 N–H and O–H groups in total.